The number of amides is 2. The molecule has 3 atom stereocenters. The van der Waals surface area contributed by atoms with E-state index in [4.69, 9.17) is 0 Å². The summed E-state index contributed by atoms with van der Waals surface area (Å²) in [5.74, 6) is 1.32. The van der Waals surface area contributed by atoms with Crippen LogP contribution in [0.15, 0.2) is 63.3 Å². The van der Waals surface area contributed by atoms with Gasteiger partial charge < -0.3 is 10.6 Å². The minimum Gasteiger partial charge on any atom is -0.335 e. The van der Waals surface area contributed by atoms with Crippen LogP contribution in [0.1, 0.15) is 19.3 Å². The first-order chi connectivity index (χ1) is 11.0. The van der Waals surface area contributed by atoms with Gasteiger partial charge in [-0.1, -0.05) is 31.4 Å². The van der Waals surface area contributed by atoms with Gasteiger partial charge in [0.05, 0.1) is 6.67 Å². The van der Waals surface area contributed by atoms with Crippen LogP contribution in [0.5, 0.6) is 0 Å². The maximum Gasteiger partial charge on any atom is 0.244 e. The molecule has 0 saturated heterocycles. The summed E-state index contributed by atoms with van der Waals surface area (Å²) in [7, 11) is 0. The van der Waals surface area contributed by atoms with E-state index in [2.05, 4.69) is 61.8 Å². The van der Waals surface area contributed by atoms with Gasteiger partial charge in [-0.3, -0.25) is 9.59 Å². The van der Waals surface area contributed by atoms with Crippen molar-refractivity contribution in [2.24, 2.45) is 17.8 Å². The van der Waals surface area contributed by atoms with E-state index in [0.29, 0.717) is 17.8 Å². The van der Waals surface area contributed by atoms with E-state index < -0.39 is 0 Å². The topological polar surface area (TPSA) is 58.2 Å². The quantitative estimate of drug-likeness (QED) is 0.431. The van der Waals surface area contributed by atoms with Crippen molar-refractivity contribution < 1.29 is 9.59 Å². The molecule has 1 rings (SSSR count). The molecule has 0 aromatic carbocycles. The maximum absolute atomic E-state index is 10.5. The largest absolute Gasteiger partial charge is 0.335 e. The van der Waals surface area contributed by atoms with E-state index in [1.54, 1.807) is 0 Å². The van der Waals surface area contributed by atoms with Gasteiger partial charge in [0, 0.05) is 0 Å². The predicted molar refractivity (Wildman–Crippen MR) is 96.5 cm³/mol. The van der Waals surface area contributed by atoms with E-state index in [1.165, 1.54) is 19.3 Å². The molecule has 0 spiro atoms. The van der Waals surface area contributed by atoms with Crippen LogP contribution in [0.2, 0.25) is 0 Å². The summed E-state index contributed by atoms with van der Waals surface area (Å²) < 4.78 is 0. The molecule has 4 heteroatoms. The Morgan fingerprint density at radius 3 is 1.74 bits per heavy atom. The molecule has 1 aliphatic carbocycles. The number of hydrogen-bond donors (Lipinski definition) is 2. The number of carbonyl (C=O) groups is 2. The first kappa shape index (κ1) is 20.6. The summed E-state index contributed by atoms with van der Waals surface area (Å²) in [5.41, 5.74) is 0. The Morgan fingerprint density at radius 1 is 0.826 bits per heavy atom. The third kappa shape index (κ3) is 8.61. The van der Waals surface area contributed by atoms with Crippen molar-refractivity contribution in [2.75, 3.05) is 6.67 Å². The van der Waals surface area contributed by atoms with Crippen LogP contribution in [-0.2, 0) is 9.59 Å². The van der Waals surface area contributed by atoms with Crippen LogP contribution < -0.4 is 10.6 Å². The minimum atomic E-state index is -0.325. The Balaban J connectivity index is 0.000000423. The molecule has 2 N–H and O–H groups in total. The molecular formula is C19H28N2O2. The second-order valence-corrected chi connectivity index (χ2v) is 5.28. The second kappa shape index (κ2) is 12.2. The van der Waals surface area contributed by atoms with Gasteiger partial charge in [-0.25, -0.2) is 0 Å². The Bertz CT molecular complexity index is 434. The highest BCUT2D eigenvalue weighted by Crippen LogP contribution is 2.35. The summed E-state index contributed by atoms with van der Waals surface area (Å²) >= 11 is 0. The van der Waals surface area contributed by atoms with Crippen LogP contribution >= 0.6 is 0 Å². The number of nitrogens with one attached hydrogen (secondary N) is 2. The molecule has 23 heavy (non-hydrogen) atoms. The van der Waals surface area contributed by atoms with Crippen molar-refractivity contribution in [3.8, 4) is 0 Å². The molecule has 2 amide bonds. The number of allylic oxidation sites excluding steroid dienone is 3. The lowest BCUT2D eigenvalue weighted by molar-refractivity contribution is -0.118. The van der Waals surface area contributed by atoms with Gasteiger partial charge in [0.1, 0.15) is 0 Å². The highest BCUT2D eigenvalue weighted by Gasteiger charge is 2.24. The highest BCUT2D eigenvalue weighted by atomic mass is 16.2. The minimum absolute atomic E-state index is 0.0930. The summed E-state index contributed by atoms with van der Waals surface area (Å²) in [5, 5.41) is 4.72. The smallest absolute Gasteiger partial charge is 0.244 e. The maximum atomic E-state index is 10.5. The van der Waals surface area contributed by atoms with Gasteiger partial charge in [-0.2, -0.15) is 0 Å². The van der Waals surface area contributed by atoms with Gasteiger partial charge in [-0.15, -0.1) is 19.7 Å². The molecule has 126 valence electrons. The van der Waals surface area contributed by atoms with Gasteiger partial charge in [0.2, 0.25) is 11.8 Å². The molecule has 0 aromatic rings. The van der Waals surface area contributed by atoms with E-state index >= 15 is 0 Å². The van der Waals surface area contributed by atoms with Gasteiger partial charge in [0.25, 0.3) is 0 Å². The van der Waals surface area contributed by atoms with Crippen LogP contribution in [-0.4, -0.2) is 18.5 Å². The van der Waals surface area contributed by atoms with Crippen molar-refractivity contribution in [2.45, 2.75) is 19.3 Å². The first-order valence-electron chi connectivity index (χ1n) is 7.70. The normalized spacial score (nSPS) is 22.3. The van der Waals surface area contributed by atoms with Gasteiger partial charge >= 0.3 is 0 Å². The average Bonchev–Trinajstić information content (AvgIpc) is 2.60. The summed E-state index contributed by atoms with van der Waals surface area (Å²) in [6, 6.07) is 0. The third-order valence-corrected chi connectivity index (χ3v) is 3.83. The van der Waals surface area contributed by atoms with Crippen molar-refractivity contribution in [3.63, 3.8) is 0 Å². The monoisotopic (exact) mass is 316 g/mol. The van der Waals surface area contributed by atoms with Crippen molar-refractivity contribution in [1.82, 2.24) is 10.6 Å². The van der Waals surface area contributed by atoms with Gasteiger partial charge in [0.15, 0.2) is 0 Å². The van der Waals surface area contributed by atoms with Crippen molar-refractivity contribution in [1.29, 1.82) is 0 Å². The fraction of sp³-hybridized carbons (Fsp3) is 0.368. The molecule has 0 bridgehead atoms. The van der Waals surface area contributed by atoms with E-state index in [9.17, 15) is 9.59 Å². The Hall–Kier alpha value is -2.36. The van der Waals surface area contributed by atoms with Crippen LogP contribution in [0, 0.1) is 17.8 Å². The molecule has 0 heterocycles. The van der Waals surface area contributed by atoms with E-state index in [0.717, 1.165) is 12.2 Å². The molecule has 4 nitrogen and oxygen atoms in total. The molecule has 1 aliphatic rings. The molecule has 1 fully saturated rings. The van der Waals surface area contributed by atoms with Crippen molar-refractivity contribution in [3.05, 3.63) is 63.3 Å². The lowest BCUT2D eigenvalue weighted by Crippen LogP contribution is -2.35. The molecule has 0 aliphatic heterocycles. The van der Waals surface area contributed by atoms with Crippen LogP contribution in [0.3, 0.4) is 0 Å². The Morgan fingerprint density at radius 2 is 1.35 bits per heavy atom. The standard InChI is InChI=1S/C12H18.C7H10N2O2/c1-4-10-7-8-11(5-2)12(6-3)9-10;1-3-6(10)8-5-9-7(11)4-2/h4-6,10-12H,1-3,7-9H2;3-4H,1-2,5H2,(H,8,10)(H,9,11). The second-order valence-electron chi connectivity index (χ2n) is 5.28. The zero-order valence-corrected chi connectivity index (χ0v) is 13.8. The highest BCUT2D eigenvalue weighted by molar-refractivity contribution is 5.89. The SMILES string of the molecule is C=CC(=O)NCNC(=O)C=C.C=CC1CCC(C=C)C(C=C)C1. The average molecular weight is 316 g/mol. The summed E-state index contributed by atoms with van der Waals surface area (Å²) in [6.07, 6.45) is 12.2. The van der Waals surface area contributed by atoms with Crippen molar-refractivity contribution >= 4 is 11.8 Å². The van der Waals surface area contributed by atoms with Crippen LogP contribution in [0.4, 0.5) is 0 Å². The predicted octanol–water partition coefficient (Wildman–Crippen LogP) is 3.13. The Kier molecular flexibility index (Phi) is 11.0. The zero-order valence-electron chi connectivity index (χ0n) is 13.8. The lowest BCUT2D eigenvalue weighted by Gasteiger charge is -2.31. The lowest BCUT2D eigenvalue weighted by atomic mass is 9.74. The van der Waals surface area contributed by atoms with Gasteiger partial charge in [-0.05, 0) is 49.2 Å². The third-order valence-electron chi connectivity index (χ3n) is 3.83. The van der Waals surface area contributed by atoms with E-state index in [1.807, 2.05) is 0 Å². The zero-order chi connectivity index (χ0) is 17.7. The molecule has 1 saturated carbocycles. The number of carbonyl (C=O) groups excluding carboxylic acids is 2. The van der Waals surface area contributed by atoms with E-state index in [-0.39, 0.29) is 18.5 Å². The summed E-state index contributed by atoms with van der Waals surface area (Å²) in [4.78, 5) is 21.0. The Labute approximate surface area is 139 Å². The fourth-order valence-electron chi connectivity index (χ4n) is 2.40. The molecular weight excluding hydrogens is 288 g/mol. The molecule has 3 unspecified atom stereocenters. The number of rotatable bonds is 7. The van der Waals surface area contributed by atoms with Crippen LogP contribution in [0.25, 0.3) is 0 Å². The summed E-state index contributed by atoms with van der Waals surface area (Å²) in [6.45, 7) is 18.1. The fourth-order valence-corrected chi connectivity index (χ4v) is 2.40. The molecule has 0 radical (unpaired) electrons. The number of hydrogen-bond acceptors (Lipinski definition) is 2. The molecule has 0 aromatic heterocycles. The first-order valence-corrected chi connectivity index (χ1v) is 7.70.